The Labute approximate surface area is 78.5 Å². The lowest BCUT2D eigenvalue weighted by molar-refractivity contribution is -0.137. The van der Waals surface area contributed by atoms with Gasteiger partial charge in [0.25, 0.3) is 0 Å². The molecule has 0 aromatic carbocycles. The molecule has 13 heavy (non-hydrogen) atoms. The third-order valence-electron chi connectivity index (χ3n) is 3.37. The Bertz CT molecular complexity index is 191. The lowest BCUT2D eigenvalue weighted by Gasteiger charge is -2.24. The summed E-state index contributed by atoms with van der Waals surface area (Å²) in [4.78, 5) is 10.5. The quantitative estimate of drug-likeness (QED) is 0.680. The zero-order valence-corrected chi connectivity index (χ0v) is 7.83. The van der Waals surface area contributed by atoms with E-state index in [1.807, 2.05) is 0 Å². The standard InChI is InChI=1S/C10H17NO2/c12-10(13)6-8-5-7-3-1-2-4-9(7)11-8/h7-9,11H,1-6H2,(H,12,13)/t7-,8-,9?/m0/s1. The van der Waals surface area contributed by atoms with E-state index in [-0.39, 0.29) is 6.04 Å². The molecule has 3 heteroatoms. The van der Waals surface area contributed by atoms with Crippen molar-refractivity contribution in [2.75, 3.05) is 0 Å². The molecule has 0 aromatic rings. The molecule has 3 nitrogen and oxygen atoms in total. The first kappa shape index (κ1) is 9.00. The number of hydrogen-bond donors (Lipinski definition) is 2. The monoisotopic (exact) mass is 183 g/mol. The SMILES string of the molecule is O=C(O)C[C@@H]1C[C@@H]2CCCCC2N1. The summed E-state index contributed by atoms with van der Waals surface area (Å²) in [6.45, 7) is 0. The van der Waals surface area contributed by atoms with Gasteiger partial charge in [0, 0.05) is 12.1 Å². The first-order chi connectivity index (χ1) is 6.25. The first-order valence-corrected chi connectivity index (χ1v) is 5.23. The Morgan fingerprint density at radius 1 is 1.38 bits per heavy atom. The molecule has 1 saturated heterocycles. The second-order valence-corrected chi connectivity index (χ2v) is 4.35. The highest BCUT2D eigenvalue weighted by Gasteiger charge is 2.35. The van der Waals surface area contributed by atoms with Crippen LogP contribution in [-0.2, 0) is 4.79 Å². The van der Waals surface area contributed by atoms with Crippen LogP contribution in [0.1, 0.15) is 38.5 Å². The summed E-state index contributed by atoms with van der Waals surface area (Å²) in [6.07, 6.45) is 6.58. The van der Waals surface area contributed by atoms with E-state index in [1.54, 1.807) is 0 Å². The minimum absolute atomic E-state index is 0.241. The molecule has 74 valence electrons. The number of carbonyl (C=O) groups is 1. The fourth-order valence-corrected chi connectivity index (χ4v) is 2.80. The van der Waals surface area contributed by atoms with E-state index in [4.69, 9.17) is 5.11 Å². The summed E-state index contributed by atoms with van der Waals surface area (Å²) in [7, 11) is 0. The third-order valence-corrected chi connectivity index (χ3v) is 3.37. The Kier molecular flexibility index (Phi) is 2.54. The van der Waals surface area contributed by atoms with Crippen LogP contribution < -0.4 is 5.32 Å². The molecular formula is C10H17NO2. The molecule has 1 saturated carbocycles. The average molecular weight is 183 g/mol. The number of aliphatic carboxylic acids is 1. The summed E-state index contributed by atoms with van der Waals surface area (Å²) in [5.41, 5.74) is 0. The molecule has 0 radical (unpaired) electrons. The molecule has 2 N–H and O–H groups in total. The van der Waals surface area contributed by atoms with E-state index in [9.17, 15) is 4.79 Å². The highest BCUT2D eigenvalue weighted by atomic mass is 16.4. The number of carboxylic acids is 1. The minimum atomic E-state index is -0.670. The molecule has 1 aliphatic heterocycles. The molecule has 2 aliphatic rings. The molecule has 0 aromatic heterocycles. The second kappa shape index (κ2) is 3.66. The highest BCUT2D eigenvalue weighted by Crippen LogP contribution is 2.33. The van der Waals surface area contributed by atoms with Crippen molar-refractivity contribution < 1.29 is 9.90 Å². The normalized spacial score (nSPS) is 38.6. The average Bonchev–Trinajstić information content (AvgIpc) is 2.44. The van der Waals surface area contributed by atoms with Crippen LogP contribution >= 0.6 is 0 Å². The Balaban J connectivity index is 1.87. The predicted octanol–water partition coefficient (Wildman–Crippen LogP) is 1.38. The largest absolute Gasteiger partial charge is 0.481 e. The van der Waals surface area contributed by atoms with Crippen molar-refractivity contribution in [3.63, 3.8) is 0 Å². The maximum atomic E-state index is 10.5. The number of fused-ring (bicyclic) bond motifs is 1. The lowest BCUT2D eigenvalue weighted by Crippen LogP contribution is -2.33. The number of rotatable bonds is 2. The zero-order chi connectivity index (χ0) is 9.26. The molecule has 2 fully saturated rings. The summed E-state index contributed by atoms with van der Waals surface area (Å²) >= 11 is 0. The maximum Gasteiger partial charge on any atom is 0.304 e. The molecule has 0 amide bonds. The molecular weight excluding hydrogens is 166 g/mol. The zero-order valence-electron chi connectivity index (χ0n) is 7.83. The van der Waals surface area contributed by atoms with Gasteiger partial charge in [-0.15, -0.1) is 0 Å². The third kappa shape index (κ3) is 2.02. The Morgan fingerprint density at radius 2 is 2.15 bits per heavy atom. The van der Waals surface area contributed by atoms with Gasteiger partial charge in [-0.05, 0) is 25.2 Å². The van der Waals surface area contributed by atoms with Gasteiger partial charge < -0.3 is 10.4 Å². The van der Waals surface area contributed by atoms with E-state index in [0.717, 1.165) is 12.3 Å². The van der Waals surface area contributed by atoms with Crippen LogP contribution in [0.3, 0.4) is 0 Å². The van der Waals surface area contributed by atoms with Crippen molar-refractivity contribution in [1.82, 2.24) is 5.32 Å². The van der Waals surface area contributed by atoms with E-state index in [0.29, 0.717) is 12.5 Å². The molecule has 1 unspecified atom stereocenters. The number of carboxylic acid groups (broad SMARTS) is 1. The highest BCUT2D eigenvalue weighted by molar-refractivity contribution is 5.67. The van der Waals surface area contributed by atoms with E-state index < -0.39 is 5.97 Å². The summed E-state index contributed by atoms with van der Waals surface area (Å²) < 4.78 is 0. The van der Waals surface area contributed by atoms with Gasteiger partial charge in [0.15, 0.2) is 0 Å². The smallest absolute Gasteiger partial charge is 0.304 e. The second-order valence-electron chi connectivity index (χ2n) is 4.35. The molecule has 1 aliphatic carbocycles. The van der Waals surface area contributed by atoms with Crippen molar-refractivity contribution in [3.05, 3.63) is 0 Å². The van der Waals surface area contributed by atoms with Gasteiger partial charge in [-0.2, -0.15) is 0 Å². The molecule has 2 rings (SSSR count). The van der Waals surface area contributed by atoms with Gasteiger partial charge in [-0.25, -0.2) is 0 Å². The van der Waals surface area contributed by atoms with Gasteiger partial charge in [-0.3, -0.25) is 4.79 Å². The lowest BCUT2D eigenvalue weighted by atomic mass is 9.85. The predicted molar refractivity (Wildman–Crippen MR) is 49.5 cm³/mol. The van der Waals surface area contributed by atoms with Gasteiger partial charge >= 0.3 is 5.97 Å². The van der Waals surface area contributed by atoms with Crippen molar-refractivity contribution >= 4 is 5.97 Å². The van der Waals surface area contributed by atoms with Crippen LogP contribution in [0.25, 0.3) is 0 Å². The topological polar surface area (TPSA) is 49.3 Å². The van der Waals surface area contributed by atoms with Gasteiger partial charge in [0.05, 0.1) is 6.42 Å². The number of hydrogen-bond acceptors (Lipinski definition) is 2. The van der Waals surface area contributed by atoms with Crippen molar-refractivity contribution in [2.24, 2.45) is 5.92 Å². The van der Waals surface area contributed by atoms with Crippen molar-refractivity contribution in [1.29, 1.82) is 0 Å². The summed E-state index contributed by atoms with van der Waals surface area (Å²) in [5, 5.41) is 12.1. The molecule has 0 bridgehead atoms. The van der Waals surface area contributed by atoms with Crippen LogP contribution in [0.4, 0.5) is 0 Å². The van der Waals surface area contributed by atoms with E-state index >= 15 is 0 Å². The fraction of sp³-hybridized carbons (Fsp3) is 0.900. The Morgan fingerprint density at radius 3 is 2.85 bits per heavy atom. The van der Waals surface area contributed by atoms with E-state index in [1.165, 1.54) is 25.7 Å². The molecule has 3 atom stereocenters. The van der Waals surface area contributed by atoms with Gasteiger partial charge in [-0.1, -0.05) is 12.8 Å². The summed E-state index contributed by atoms with van der Waals surface area (Å²) in [6, 6.07) is 0.865. The first-order valence-electron chi connectivity index (χ1n) is 5.23. The Hall–Kier alpha value is -0.570. The minimum Gasteiger partial charge on any atom is -0.481 e. The van der Waals surface area contributed by atoms with E-state index in [2.05, 4.69) is 5.32 Å². The summed E-state index contributed by atoms with van der Waals surface area (Å²) in [5.74, 6) is 0.0919. The van der Waals surface area contributed by atoms with Crippen molar-refractivity contribution in [3.8, 4) is 0 Å². The van der Waals surface area contributed by atoms with Gasteiger partial charge in [0.1, 0.15) is 0 Å². The van der Waals surface area contributed by atoms with Crippen LogP contribution in [0.2, 0.25) is 0 Å². The van der Waals surface area contributed by atoms with Gasteiger partial charge in [0.2, 0.25) is 0 Å². The molecule has 1 heterocycles. The number of nitrogens with one attached hydrogen (secondary N) is 1. The van der Waals surface area contributed by atoms with Crippen LogP contribution in [0, 0.1) is 5.92 Å². The van der Waals surface area contributed by atoms with Crippen LogP contribution in [-0.4, -0.2) is 23.2 Å². The van der Waals surface area contributed by atoms with Crippen molar-refractivity contribution in [2.45, 2.75) is 50.6 Å². The fourth-order valence-electron chi connectivity index (χ4n) is 2.80. The maximum absolute atomic E-state index is 10.5. The molecule has 0 spiro atoms. The van der Waals surface area contributed by atoms with Crippen LogP contribution in [0.5, 0.6) is 0 Å². The van der Waals surface area contributed by atoms with Crippen LogP contribution in [0.15, 0.2) is 0 Å².